The standard InChI is InChI=1S/C30H51N2O3/c1-20(2)32(13-5-6-14-32)26-18-24-22-8-7-21-17-27(33)25(31-11-15-35-16-12-31)19-30(21,4)23(22)9-10-29(24,3)28(26)34/h21-28,33-34H,1,5-19H2,2-4H3/q+1/t21?,22-,23+,24+,25?,26?,27?,28?,29+,30+/m1/s1. The molecule has 198 valence electrons. The number of aliphatic hydroxyl groups is 2. The molecule has 4 saturated carbocycles. The minimum absolute atomic E-state index is 0.0517. The predicted molar refractivity (Wildman–Crippen MR) is 139 cm³/mol. The van der Waals surface area contributed by atoms with Crippen molar-refractivity contribution in [3.05, 3.63) is 12.3 Å². The van der Waals surface area contributed by atoms with Gasteiger partial charge in [0.1, 0.15) is 12.1 Å². The van der Waals surface area contributed by atoms with Gasteiger partial charge in [-0.1, -0.05) is 13.8 Å². The number of quaternary nitrogens is 1. The molecule has 0 bridgehead atoms. The lowest BCUT2D eigenvalue weighted by molar-refractivity contribution is -0.907. The van der Waals surface area contributed by atoms with Crippen molar-refractivity contribution in [3.8, 4) is 0 Å². The lowest BCUT2D eigenvalue weighted by Crippen LogP contribution is -2.61. The molecule has 35 heavy (non-hydrogen) atoms. The molecule has 6 rings (SSSR count). The Morgan fingerprint density at radius 3 is 2.37 bits per heavy atom. The van der Waals surface area contributed by atoms with E-state index in [4.69, 9.17) is 4.74 Å². The second kappa shape index (κ2) is 8.80. The molecule has 2 heterocycles. The van der Waals surface area contributed by atoms with E-state index >= 15 is 0 Å². The molecule has 2 N–H and O–H groups in total. The Bertz CT molecular complexity index is 820. The third kappa shape index (κ3) is 3.58. The summed E-state index contributed by atoms with van der Waals surface area (Å²) in [4.78, 5) is 2.54. The van der Waals surface area contributed by atoms with E-state index in [9.17, 15) is 10.2 Å². The molecule has 0 amide bonds. The van der Waals surface area contributed by atoms with Gasteiger partial charge in [-0.15, -0.1) is 0 Å². The summed E-state index contributed by atoms with van der Waals surface area (Å²) in [6, 6.07) is 0.625. The van der Waals surface area contributed by atoms with Gasteiger partial charge in [-0.3, -0.25) is 9.38 Å². The van der Waals surface area contributed by atoms with Crippen molar-refractivity contribution in [2.45, 2.75) is 103 Å². The zero-order valence-corrected chi connectivity index (χ0v) is 22.6. The molecular formula is C30H51N2O3+. The van der Waals surface area contributed by atoms with Crippen LogP contribution in [0.2, 0.25) is 0 Å². The number of aliphatic hydroxyl groups excluding tert-OH is 2. The Morgan fingerprint density at radius 1 is 0.971 bits per heavy atom. The molecule has 2 saturated heterocycles. The number of nitrogens with zero attached hydrogens (tertiary/aromatic N) is 2. The van der Waals surface area contributed by atoms with Gasteiger partial charge in [0.25, 0.3) is 0 Å². The topological polar surface area (TPSA) is 52.9 Å². The molecule has 6 aliphatic rings. The molecule has 5 unspecified atom stereocenters. The van der Waals surface area contributed by atoms with E-state index in [0.29, 0.717) is 23.3 Å². The van der Waals surface area contributed by atoms with Gasteiger partial charge in [0.05, 0.1) is 38.1 Å². The van der Waals surface area contributed by atoms with E-state index < -0.39 is 0 Å². The number of hydrogen-bond donors (Lipinski definition) is 2. The highest BCUT2D eigenvalue weighted by Crippen LogP contribution is 2.67. The molecule has 2 aliphatic heterocycles. The van der Waals surface area contributed by atoms with E-state index in [1.165, 1.54) is 63.7 Å². The van der Waals surface area contributed by atoms with E-state index in [1.807, 2.05) is 0 Å². The second-order valence-electron chi connectivity index (χ2n) is 14.1. The molecule has 0 spiro atoms. The third-order valence-corrected chi connectivity index (χ3v) is 12.9. The van der Waals surface area contributed by atoms with Crippen LogP contribution in [0.5, 0.6) is 0 Å². The third-order valence-electron chi connectivity index (χ3n) is 12.9. The quantitative estimate of drug-likeness (QED) is 0.587. The van der Waals surface area contributed by atoms with Gasteiger partial charge >= 0.3 is 0 Å². The number of hydrogen-bond acceptors (Lipinski definition) is 4. The zero-order chi connectivity index (χ0) is 24.6. The summed E-state index contributed by atoms with van der Waals surface area (Å²) in [5, 5.41) is 23.2. The highest BCUT2D eigenvalue weighted by molar-refractivity contribution is 5.13. The normalized spacial score (nSPS) is 51.9. The van der Waals surface area contributed by atoms with Crippen molar-refractivity contribution in [2.24, 2.45) is 34.5 Å². The molecular weight excluding hydrogens is 436 g/mol. The van der Waals surface area contributed by atoms with Crippen molar-refractivity contribution in [1.82, 2.24) is 4.90 Å². The Balaban J connectivity index is 1.27. The smallest absolute Gasteiger partial charge is 0.120 e. The van der Waals surface area contributed by atoms with Crippen LogP contribution in [0.1, 0.15) is 78.6 Å². The molecule has 10 atom stereocenters. The summed E-state index contributed by atoms with van der Waals surface area (Å²) in [5.41, 5.74) is 1.63. The summed E-state index contributed by atoms with van der Waals surface area (Å²) in [5.74, 6) is 2.73. The first-order valence-electron chi connectivity index (χ1n) is 14.9. The van der Waals surface area contributed by atoms with Gasteiger partial charge in [-0.05, 0) is 74.2 Å². The summed E-state index contributed by atoms with van der Waals surface area (Å²) >= 11 is 0. The fourth-order valence-corrected chi connectivity index (χ4v) is 10.9. The van der Waals surface area contributed by atoms with Crippen LogP contribution in [0.25, 0.3) is 0 Å². The first-order chi connectivity index (χ1) is 16.7. The fourth-order valence-electron chi connectivity index (χ4n) is 10.9. The van der Waals surface area contributed by atoms with E-state index in [2.05, 4.69) is 32.3 Å². The Morgan fingerprint density at radius 2 is 1.69 bits per heavy atom. The van der Waals surface area contributed by atoms with Crippen LogP contribution in [-0.4, -0.2) is 83.3 Å². The van der Waals surface area contributed by atoms with Gasteiger partial charge in [0, 0.05) is 50.7 Å². The fraction of sp³-hybridized carbons (Fsp3) is 0.933. The van der Waals surface area contributed by atoms with Gasteiger partial charge in [-0.2, -0.15) is 0 Å². The summed E-state index contributed by atoms with van der Waals surface area (Å²) in [6.07, 6.45) is 10.4. The van der Waals surface area contributed by atoms with Gasteiger partial charge in [0.2, 0.25) is 0 Å². The van der Waals surface area contributed by atoms with Crippen LogP contribution < -0.4 is 0 Å². The first-order valence-corrected chi connectivity index (χ1v) is 14.9. The van der Waals surface area contributed by atoms with E-state index in [0.717, 1.165) is 55.5 Å². The SMILES string of the molecule is C=C(C)[N+]1(C2C[C@H]3[C@@H]4CCC5CC(O)C(N6CCOCC6)C[C@]5(C)[C@H]4CC[C@]3(C)C2O)CCCC1. The predicted octanol–water partition coefficient (Wildman–Crippen LogP) is 4.18. The lowest BCUT2D eigenvalue weighted by Gasteiger charge is -2.62. The van der Waals surface area contributed by atoms with Gasteiger partial charge in [0.15, 0.2) is 0 Å². The van der Waals surface area contributed by atoms with Crippen LogP contribution in [0.4, 0.5) is 0 Å². The number of ether oxygens (including phenoxy) is 1. The number of morpholine rings is 1. The maximum absolute atomic E-state index is 11.9. The molecule has 0 aromatic heterocycles. The monoisotopic (exact) mass is 487 g/mol. The van der Waals surface area contributed by atoms with E-state index in [-0.39, 0.29) is 23.7 Å². The average Bonchev–Trinajstić information content (AvgIpc) is 3.44. The van der Waals surface area contributed by atoms with Crippen LogP contribution >= 0.6 is 0 Å². The van der Waals surface area contributed by atoms with Crippen molar-refractivity contribution in [1.29, 1.82) is 0 Å². The van der Waals surface area contributed by atoms with Crippen LogP contribution in [0.3, 0.4) is 0 Å². The van der Waals surface area contributed by atoms with Crippen molar-refractivity contribution < 1.29 is 19.4 Å². The van der Waals surface area contributed by atoms with Gasteiger partial charge < -0.3 is 14.9 Å². The van der Waals surface area contributed by atoms with Crippen molar-refractivity contribution in [2.75, 3.05) is 39.4 Å². The first kappa shape index (κ1) is 24.9. The number of fused-ring (bicyclic) bond motifs is 5. The Kier molecular flexibility index (Phi) is 6.25. The number of rotatable bonds is 3. The summed E-state index contributed by atoms with van der Waals surface area (Å²) in [6.45, 7) is 17.6. The van der Waals surface area contributed by atoms with Crippen LogP contribution in [0, 0.1) is 34.5 Å². The Labute approximate surface area is 213 Å². The highest BCUT2D eigenvalue weighted by atomic mass is 16.5. The van der Waals surface area contributed by atoms with Crippen molar-refractivity contribution >= 4 is 0 Å². The molecule has 0 radical (unpaired) electrons. The minimum Gasteiger partial charge on any atom is -0.391 e. The van der Waals surface area contributed by atoms with Crippen LogP contribution in [-0.2, 0) is 4.74 Å². The minimum atomic E-state index is -0.206. The molecule has 6 fully saturated rings. The lowest BCUT2D eigenvalue weighted by atomic mass is 9.44. The maximum Gasteiger partial charge on any atom is 0.120 e. The van der Waals surface area contributed by atoms with E-state index in [1.54, 1.807) is 0 Å². The Hall–Kier alpha value is -0.460. The molecule has 5 heteroatoms. The average molecular weight is 488 g/mol. The number of allylic oxidation sites excluding steroid dienone is 1. The summed E-state index contributed by atoms with van der Waals surface area (Å²) in [7, 11) is 0. The largest absolute Gasteiger partial charge is 0.391 e. The highest BCUT2D eigenvalue weighted by Gasteiger charge is 2.66. The molecule has 0 aromatic rings. The molecule has 5 nitrogen and oxygen atoms in total. The second-order valence-corrected chi connectivity index (χ2v) is 14.1. The summed E-state index contributed by atoms with van der Waals surface area (Å²) < 4.78 is 6.62. The van der Waals surface area contributed by atoms with Crippen LogP contribution in [0.15, 0.2) is 12.3 Å². The number of likely N-dealkylation sites (tertiary alicyclic amines) is 1. The molecule has 0 aromatic carbocycles. The maximum atomic E-state index is 11.9. The van der Waals surface area contributed by atoms with Crippen molar-refractivity contribution in [3.63, 3.8) is 0 Å². The molecule has 4 aliphatic carbocycles. The van der Waals surface area contributed by atoms with Gasteiger partial charge in [-0.25, -0.2) is 0 Å². The zero-order valence-electron chi connectivity index (χ0n) is 22.6.